The molecule has 112 valence electrons. The zero-order chi connectivity index (χ0) is 15.6. The van der Waals surface area contributed by atoms with Gasteiger partial charge in [0, 0.05) is 20.1 Å². The molecule has 2 rings (SSSR count). The first kappa shape index (κ1) is 16.9. The van der Waals surface area contributed by atoms with Gasteiger partial charge in [-0.3, -0.25) is 0 Å². The molecule has 0 aliphatic rings. The Labute approximate surface area is 143 Å². The van der Waals surface area contributed by atoms with E-state index >= 15 is 0 Å². The van der Waals surface area contributed by atoms with Crippen molar-refractivity contribution in [1.29, 1.82) is 0 Å². The van der Waals surface area contributed by atoms with Crippen LogP contribution in [0.5, 0.6) is 0 Å². The van der Waals surface area contributed by atoms with Crippen molar-refractivity contribution in [3.63, 3.8) is 0 Å². The van der Waals surface area contributed by atoms with Gasteiger partial charge in [0.25, 0.3) is 0 Å². The van der Waals surface area contributed by atoms with Gasteiger partial charge < -0.3 is 0 Å². The molecule has 0 N–H and O–H groups in total. The third kappa shape index (κ3) is 4.76. The Balaban J connectivity index is 2.22. The molecule has 0 atom stereocenters. The minimum Gasteiger partial charge on any atom is -0.228 e. The van der Waals surface area contributed by atoms with Crippen molar-refractivity contribution >= 4 is 56.2 Å². The van der Waals surface area contributed by atoms with Gasteiger partial charge in [-0.25, -0.2) is 8.42 Å². The maximum Gasteiger partial charge on any atom is 0.158 e. The van der Waals surface area contributed by atoms with Gasteiger partial charge >= 0.3 is 0 Å². The van der Waals surface area contributed by atoms with E-state index in [1.165, 1.54) is 12.1 Å². The average molecular weight is 384 g/mol. The van der Waals surface area contributed by atoms with Crippen molar-refractivity contribution in [1.82, 2.24) is 0 Å². The molecule has 0 radical (unpaired) electrons. The van der Waals surface area contributed by atoms with Crippen LogP contribution in [0.2, 0.25) is 20.1 Å². The molecule has 0 aromatic heterocycles. The number of hydrogen-bond acceptors (Lipinski definition) is 2. The summed E-state index contributed by atoms with van der Waals surface area (Å²) >= 11 is 23.6. The molecule has 0 amide bonds. The van der Waals surface area contributed by atoms with E-state index in [2.05, 4.69) is 0 Å². The maximum absolute atomic E-state index is 12.3. The second-order valence-electron chi connectivity index (χ2n) is 4.50. The van der Waals surface area contributed by atoms with Gasteiger partial charge in [0.1, 0.15) is 0 Å². The monoisotopic (exact) mass is 382 g/mol. The molecule has 0 aliphatic carbocycles. The van der Waals surface area contributed by atoms with Crippen LogP contribution in [0.1, 0.15) is 11.1 Å². The average Bonchev–Trinajstić information content (AvgIpc) is 2.36. The molecular weight excluding hydrogens is 374 g/mol. The molecular formula is C14H10Cl4O2S. The van der Waals surface area contributed by atoms with Crippen LogP contribution in [0.4, 0.5) is 0 Å². The second kappa shape index (κ2) is 6.76. The lowest BCUT2D eigenvalue weighted by Crippen LogP contribution is -2.08. The first-order valence-electron chi connectivity index (χ1n) is 5.85. The Morgan fingerprint density at radius 2 is 1.10 bits per heavy atom. The van der Waals surface area contributed by atoms with E-state index in [-0.39, 0.29) is 11.5 Å². The zero-order valence-electron chi connectivity index (χ0n) is 10.6. The molecule has 0 bridgehead atoms. The summed E-state index contributed by atoms with van der Waals surface area (Å²) in [6.07, 6.45) is 0. The van der Waals surface area contributed by atoms with Crippen LogP contribution in [-0.2, 0) is 21.3 Å². The Morgan fingerprint density at radius 3 is 1.43 bits per heavy atom. The molecule has 0 fully saturated rings. The summed E-state index contributed by atoms with van der Waals surface area (Å²) in [6, 6.07) is 9.45. The predicted molar refractivity (Wildman–Crippen MR) is 89.3 cm³/mol. The summed E-state index contributed by atoms with van der Waals surface area (Å²) in [5.41, 5.74) is 1.01. The van der Waals surface area contributed by atoms with Gasteiger partial charge in [-0.15, -0.1) is 0 Å². The maximum atomic E-state index is 12.3. The standard InChI is InChI=1S/C14H10Cl4O2S/c15-11-3-1-9(13(17)5-11)7-21(19,20)8-10-2-4-12(16)6-14(10)18/h1-6H,7-8H2. The van der Waals surface area contributed by atoms with Crippen molar-refractivity contribution < 1.29 is 8.42 Å². The normalized spacial score (nSPS) is 11.6. The van der Waals surface area contributed by atoms with Crippen LogP contribution >= 0.6 is 46.4 Å². The van der Waals surface area contributed by atoms with E-state index in [4.69, 9.17) is 46.4 Å². The van der Waals surface area contributed by atoms with E-state index in [9.17, 15) is 8.42 Å². The molecule has 0 spiro atoms. The van der Waals surface area contributed by atoms with E-state index in [1.54, 1.807) is 24.3 Å². The number of rotatable bonds is 4. The van der Waals surface area contributed by atoms with Crippen molar-refractivity contribution in [3.8, 4) is 0 Å². The topological polar surface area (TPSA) is 34.1 Å². The van der Waals surface area contributed by atoms with Crippen molar-refractivity contribution in [2.45, 2.75) is 11.5 Å². The highest BCUT2D eigenvalue weighted by Crippen LogP contribution is 2.26. The largest absolute Gasteiger partial charge is 0.228 e. The van der Waals surface area contributed by atoms with Gasteiger partial charge in [0.15, 0.2) is 9.84 Å². The first-order valence-corrected chi connectivity index (χ1v) is 9.18. The first-order chi connectivity index (χ1) is 9.77. The van der Waals surface area contributed by atoms with E-state index in [0.29, 0.717) is 31.2 Å². The molecule has 21 heavy (non-hydrogen) atoms. The fourth-order valence-corrected chi connectivity index (χ4v) is 4.46. The molecule has 7 heteroatoms. The van der Waals surface area contributed by atoms with Crippen LogP contribution in [0.3, 0.4) is 0 Å². The summed E-state index contributed by atoms with van der Waals surface area (Å²) in [7, 11) is -3.41. The minimum atomic E-state index is -3.41. The van der Waals surface area contributed by atoms with Gasteiger partial charge in [-0.05, 0) is 35.4 Å². The van der Waals surface area contributed by atoms with Crippen LogP contribution in [0.25, 0.3) is 0 Å². The molecule has 0 saturated heterocycles. The molecule has 0 heterocycles. The molecule has 0 unspecified atom stereocenters. The highest BCUT2D eigenvalue weighted by atomic mass is 35.5. The molecule has 2 aromatic carbocycles. The number of benzene rings is 2. The summed E-state index contributed by atoms with van der Waals surface area (Å²) < 4.78 is 24.5. The Kier molecular flexibility index (Phi) is 5.44. The predicted octanol–water partition coefficient (Wildman–Crippen LogP) is 5.42. The van der Waals surface area contributed by atoms with Gasteiger partial charge in [-0.1, -0.05) is 58.5 Å². The Bertz CT molecular complexity index is 713. The van der Waals surface area contributed by atoms with Gasteiger partial charge in [0.05, 0.1) is 11.5 Å². The fourth-order valence-electron chi connectivity index (χ4n) is 1.80. The van der Waals surface area contributed by atoms with Gasteiger partial charge in [-0.2, -0.15) is 0 Å². The third-order valence-electron chi connectivity index (χ3n) is 2.78. The summed E-state index contributed by atoms with van der Waals surface area (Å²) in [5.74, 6) is -0.357. The van der Waals surface area contributed by atoms with E-state index < -0.39 is 9.84 Å². The fraction of sp³-hybridized carbons (Fsp3) is 0.143. The second-order valence-corrected chi connectivity index (χ2v) is 8.26. The highest BCUT2D eigenvalue weighted by molar-refractivity contribution is 7.89. The van der Waals surface area contributed by atoms with Crippen LogP contribution in [0.15, 0.2) is 36.4 Å². The molecule has 2 aromatic rings. The number of sulfone groups is 1. The van der Waals surface area contributed by atoms with Crippen LogP contribution in [0, 0.1) is 0 Å². The van der Waals surface area contributed by atoms with Crippen molar-refractivity contribution in [2.75, 3.05) is 0 Å². The van der Waals surface area contributed by atoms with Crippen LogP contribution in [-0.4, -0.2) is 8.42 Å². The summed E-state index contributed by atoms with van der Waals surface area (Å²) in [4.78, 5) is 0. The Morgan fingerprint density at radius 1 is 0.714 bits per heavy atom. The lowest BCUT2D eigenvalue weighted by Gasteiger charge is -2.08. The lowest BCUT2D eigenvalue weighted by atomic mass is 10.2. The number of halogens is 4. The number of hydrogen-bond donors (Lipinski definition) is 0. The Hall–Kier alpha value is -0.450. The van der Waals surface area contributed by atoms with Crippen molar-refractivity contribution in [3.05, 3.63) is 67.6 Å². The van der Waals surface area contributed by atoms with Gasteiger partial charge in [0.2, 0.25) is 0 Å². The molecule has 0 saturated carbocycles. The van der Waals surface area contributed by atoms with Crippen LogP contribution < -0.4 is 0 Å². The highest BCUT2D eigenvalue weighted by Gasteiger charge is 2.17. The third-order valence-corrected chi connectivity index (χ3v) is 5.46. The summed E-state index contributed by atoms with van der Waals surface area (Å²) in [5, 5.41) is 1.57. The summed E-state index contributed by atoms with van der Waals surface area (Å²) in [6.45, 7) is 0. The lowest BCUT2D eigenvalue weighted by molar-refractivity contribution is 0.594. The SMILES string of the molecule is O=S(=O)(Cc1ccc(Cl)cc1Cl)Cc1ccc(Cl)cc1Cl. The minimum absolute atomic E-state index is 0.179. The van der Waals surface area contributed by atoms with E-state index in [1.807, 2.05) is 0 Å². The smallest absolute Gasteiger partial charge is 0.158 e. The zero-order valence-corrected chi connectivity index (χ0v) is 14.5. The molecule has 2 nitrogen and oxygen atoms in total. The van der Waals surface area contributed by atoms with Crippen molar-refractivity contribution in [2.24, 2.45) is 0 Å². The quantitative estimate of drug-likeness (QED) is 0.706. The molecule has 0 aliphatic heterocycles. The van der Waals surface area contributed by atoms with E-state index in [0.717, 1.165) is 0 Å².